The van der Waals surface area contributed by atoms with Crippen LogP contribution in [-0.4, -0.2) is 42.1 Å². The van der Waals surface area contributed by atoms with Crippen molar-refractivity contribution in [2.24, 2.45) is 0 Å². The van der Waals surface area contributed by atoms with E-state index in [-0.39, 0.29) is 16.7 Å². The van der Waals surface area contributed by atoms with Crippen molar-refractivity contribution in [2.75, 3.05) is 25.6 Å². The van der Waals surface area contributed by atoms with Crippen LogP contribution in [0.1, 0.15) is 15.9 Å². The summed E-state index contributed by atoms with van der Waals surface area (Å²) in [5.74, 6) is -0.726. The van der Waals surface area contributed by atoms with E-state index in [9.17, 15) is 19.7 Å². The lowest BCUT2D eigenvalue weighted by molar-refractivity contribution is -0.384. The molecule has 0 aliphatic heterocycles. The predicted molar refractivity (Wildman–Crippen MR) is 117 cm³/mol. The molecule has 0 heterocycles. The first-order chi connectivity index (χ1) is 14.4. The Morgan fingerprint density at radius 2 is 1.93 bits per heavy atom. The van der Waals surface area contributed by atoms with E-state index in [1.165, 1.54) is 36.4 Å². The van der Waals surface area contributed by atoms with Gasteiger partial charge in [-0.15, -0.1) is 0 Å². The minimum Gasteiger partial charge on any atom is -0.383 e. The number of nitrogens with zero attached hydrogens (tertiary/aromatic N) is 1. The fraction of sp³-hybridized carbons (Fsp3) is 0.150. The third-order valence-electron chi connectivity index (χ3n) is 3.74. The summed E-state index contributed by atoms with van der Waals surface area (Å²) in [5.41, 5.74) is 1.57. The molecule has 156 valence electrons. The Balaban J connectivity index is 1.88. The van der Waals surface area contributed by atoms with Gasteiger partial charge >= 0.3 is 0 Å². The first-order valence-corrected chi connectivity index (χ1v) is 9.21. The summed E-state index contributed by atoms with van der Waals surface area (Å²) in [5, 5.41) is 18.7. The van der Waals surface area contributed by atoms with E-state index in [0.29, 0.717) is 30.0 Å². The summed E-state index contributed by atoms with van der Waals surface area (Å²) in [6.45, 7) is 0.801. The van der Waals surface area contributed by atoms with Gasteiger partial charge in [-0.05, 0) is 54.2 Å². The Morgan fingerprint density at radius 3 is 2.60 bits per heavy atom. The molecule has 0 unspecified atom stereocenters. The monoisotopic (exact) mass is 428 g/mol. The van der Waals surface area contributed by atoms with Gasteiger partial charge in [0.15, 0.2) is 5.11 Å². The zero-order valence-electron chi connectivity index (χ0n) is 16.1. The van der Waals surface area contributed by atoms with Gasteiger partial charge in [-0.1, -0.05) is 6.07 Å². The van der Waals surface area contributed by atoms with Crippen LogP contribution in [0.5, 0.6) is 0 Å². The molecule has 2 rings (SSSR count). The summed E-state index contributed by atoms with van der Waals surface area (Å²) in [6, 6.07) is 12.4. The number of amides is 2. The Bertz CT molecular complexity index is 960. The van der Waals surface area contributed by atoms with Gasteiger partial charge < -0.3 is 15.4 Å². The molecule has 30 heavy (non-hydrogen) atoms. The molecule has 2 aromatic rings. The summed E-state index contributed by atoms with van der Waals surface area (Å²) in [7, 11) is 1.55. The van der Waals surface area contributed by atoms with Crippen molar-refractivity contribution in [3.8, 4) is 0 Å². The van der Waals surface area contributed by atoms with Crippen LogP contribution < -0.4 is 16.0 Å². The van der Waals surface area contributed by atoms with Gasteiger partial charge in [0.1, 0.15) is 0 Å². The highest BCUT2D eigenvalue weighted by Crippen LogP contribution is 2.13. The maximum atomic E-state index is 12.1. The smallest absolute Gasteiger partial charge is 0.269 e. The number of non-ortho nitro benzene ring substituents is 1. The van der Waals surface area contributed by atoms with Gasteiger partial charge in [-0.3, -0.25) is 25.0 Å². The van der Waals surface area contributed by atoms with Gasteiger partial charge in [0.05, 0.1) is 11.5 Å². The van der Waals surface area contributed by atoms with E-state index in [1.807, 2.05) is 0 Å². The van der Waals surface area contributed by atoms with E-state index in [1.54, 1.807) is 31.4 Å². The molecule has 0 atom stereocenters. The second kappa shape index (κ2) is 11.4. The van der Waals surface area contributed by atoms with Crippen LogP contribution in [0.25, 0.3) is 6.08 Å². The molecule has 10 heteroatoms. The molecule has 0 aliphatic carbocycles. The van der Waals surface area contributed by atoms with E-state index < -0.39 is 10.8 Å². The minimum atomic E-state index is -0.497. The molecular formula is C20H20N4O5S. The van der Waals surface area contributed by atoms with E-state index in [2.05, 4.69) is 16.0 Å². The van der Waals surface area contributed by atoms with Crippen molar-refractivity contribution in [3.05, 3.63) is 75.8 Å². The maximum Gasteiger partial charge on any atom is 0.269 e. The van der Waals surface area contributed by atoms with Gasteiger partial charge in [-0.25, -0.2) is 0 Å². The first-order valence-electron chi connectivity index (χ1n) is 8.81. The number of nitro groups is 1. The third kappa shape index (κ3) is 7.41. The predicted octanol–water partition coefficient (Wildman–Crippen LogP) is 2.50. The highest BCUT2D eigenvalue weighted by molar-refractivity contribution is 7.80. The van der Waals surface area contributed by atoms with Gasteiger partial charge in [-0.2, -0.15) is 0 Å². The highest BCUT2D eigenvalue weighted by Gasteiger charge is 2.07. The number of ether oxygens (including phenoxy) is 1. The molecule has 0 saturated heterocycles. The summed E-state index contributed by atoms with van der Waals surface area (Å²) >= 11 is 5.11. The van der Waals surface area contributed by atoms with Crippen LogP contribution in [0, 0.1) is 10.1 Å². The topological polar surface area (TPSA) is 123 Å². The average molecular weight is 428 g/mol. The zero-order valence-corrected chi connectivity index (χ0v) is 16.9. The third-order valence-corrected chi connectivity index (χ3v) is 3.95. The van der Waals surface area contributed by atoms with E-state index in [4.69, 9.17) is 17.0 Å². The average Bonchev–Trinajstić information content (AvgIpc) is 2.72. The van der Waals surface area contributed by atoms with Gasteiger partial charge in [0, 0.05) is 43.1 Å². The Labute approximate surface area is 178 Å². The first kappa shape index (κ1) is 22.7. The van der Waals surface area contributed by atoms with Crippen molar-refractivity contribution < 1.29 is 19.2 Å². The summed E-state index contributed by atoms with van der Waals surface area (Å²) < 4.78 is 4.89. The number of hydrogen-bond acceptors (Lipinski definition) is 6. The SMILES string of the molecule is COCCNC(=O)c1cccc(NC(=S)NC(=O)/C=C/c2ccc([N+](=O)[O-])cc2)c1. The van der Waals surface area contributed by atoms with Gasteiger partial charge in [0.2, 0.25) is 5.91 Å². The molecule has 0 bridgehead atoms. The second-order valence-electron chi connectivity index (χ2n) is 5.95. The number of anilines is 1. The van der Waals surface area contributed by atoms with Crippen LogP contribution in [0.3, 0.4) is 0 Å². The van der Waals surface area contributed by atoms with Crippen molar-refractivity contribution in [2.45, 2.75) is 0 Å². The number of hydrogen-bond donors (Lipinski definition) is 3. The normalized spacial score (nSPS) is 10.4. The molecule has 9 nitrogen and oxygen atoms in total. The maximum absolute atomic E-state index is 12.1. The Morgan fingerprint density at radius 1 is 1.20 bits per heavy atom. The van der Waals surface area contributed by atoms with Crippen LogP contribution in [0.2, 0.25) is 0 Å². The lowest BCUT2D eigenvalue weighted by Crippen LogP contribution is -2.33. The molecule has 2 aromatic carbocycles. The zero-order chi connectivity index (χ0) is 21.9. The molecule has 2 amide bonds. The number of benzene rings is 2. The highest BCUT2D eigenvalue weighted by atomic mass is 32.1. The number of methoxy groups -OCH3 is 1. The Kier molecular flexibility index (Phi) is 8.60. The molecule has 0 fully saturated rings. The standard InChI is InChI=1S/C20H20N4O5S/c1-29-12-11-21-19(26)15-3-2-4-16(13-15)22-20(30)23-18(25)10-7-14-5-8-17(9-6-14)24(27)28/h2-10,13H,11-12H2,1H3,(H,21,26)(H2,22,23,25,30)/b10-7+. The summed E-state index contributed by atoms with van der Waals surface area (Å²) in [4.78, 5) is 34.2. The van der Waals surface area contributed by atoms with Crippen LogP contribution in [0.15, 0.2) is 54.6 Å². The van der Waals surface area contributed by atoms with Crippen molar-refractivity contribution in [3.63, 3.8) is 0 Å². The summed E-state index contributed by atoms with van der Waals surface area (Å²) in [6.07, 6.45) is 2.77. The lowest BCUT2D eigenvalue weighted by atomic mass is 10.2. The van der Waals surface area contributed by atoms with E-state index >= 15 is 0 Å². The molecule has 3 N–H and O–H groups in total. The number of rotatable bonds is 8. The van der Waals surface area contributed by atoms with E-state index in [0.717, 1.165) is 0 Å². The number of carbonyl (C=O) groups is 2. The fourth-order valence-electron chi connectivity index (χ4n) is 2.30. The molecule has 0 spiro atoms. The van der Waals surface area contributed by atoms with Gasteiger partial charge in [0.25, 0.3) is 11.6 Å². The van der Waals surface area contributed by atoms with Crippen LogP contribution >= 0.6 is 12.2 Å². The minimum absolute atomic E-state index is 0.0309. The number of nitro benzene ring substituents is 1. The Hall–Kier alpha value is -3.63. The van der Waals surface area contributed by atoms with Crippen LogP contribution in [-0.2, 0) is 9.53 Å². The molecule has 0 aromatic heterocycles. The lowest BCUT2D eigenvalue weighted by Gasteiger charge is -2.10. The molecule has 0 radical (unpaired) electrons. The molecular weight excluding hydrogens is 408 g/mol. The quantitative estimate of drug-likeness (QED) is 0.194. The molecule has 0 saturated carbocycles. The molecule has 0 aliphatic rings. The largest absolute Gasteiger partial charge is 0.383 e. The number of carbonyl (C=O) groups excluding carboxylic acids is 2. The number of nitrogens with one attached hydrogen (secondary N) is 3. The van der Waals surface area contributed by atoms with Crippen molar-refractivity contribution in [1.29, 1.82) is 0 Å². The van der Waals surface area contributed by atoms with Crippen molar-refractivity contribution in [1.82, 2.24) is 10.6 Å². The fourth-order valence-corrected chi connectivity index (χ4v) is 2.52. The number of thiocarbonyl (C=S) groups is 1. The second-order valence-corrected chi connectivity index (χ2v) is 6.36. The van der Waals surface area contributed by atoms with Crippen molar-refractivity contribution >= 4 is 46.6 Å². The van der Waals surface area contributed by atoms with Crippen LogP contribution in [0.4, 0.5) is 11.4 Å².